The Kier molecular flexibility index (Phi) is 6.47. The van der Waals surface area contributed by atoms with Crippen LogP contribution in [0.3, 0.4) is 0 Å². The Hall–Kier alpha value is -2.93. The lowest BCUT2D eigenvalue weighted by Gasteiger charge is -2.10. The van der Waals surface area contributed by atoms with Gasteiger partial charge in [0.25, 0.3) is 11.8 Å². The van der Waals surface area contributed by atoms with Gasteiger partial charge in [0.15, 0.2) is 0 Å². The van der Waals surface area contributed by atoms with Crippen molar-refractivity contribution in [1.82, 2.24) is 10.6 Å². The van der Waals surface area contributed by atoms with Crippen molar-refractivity contribution >= 4 is 39.8 Å². The SMILES string of the molecule is O=C(O)CNC(=O)/C(=C/c1ccc(Br)cc1)NC(=O)c1ccccc1. The molecule has 0 unspecified atom stereocenters. The van der Waals surface area contributed by atoms with Gasteiger partial charge in [0.2, 0.25) is 0 Å². The average molecular weight is 403 g/mol. The fourth-order valence-electron chi connectivity index (χ4n) is 1.92. The van der Waals surface area contributed by atoms with Crippen LogP contribution in [-0.2, 0) is 9.59 Å². The van der Waals surface area contributed by atoms with Crippen LogP contribution in [0.2, 0.25) is 0 Å². The van der Waals surface area contributed by atoms with E-state index in [0.717, 1.165) is 4.47 Å². The van der Waals surface area contributed by atoms with Crippen molar-refractivity contribution in [2.45, 2.75) is 0 Å². The Morgan fingerprint density at radius 1 is 1.00 bits per heavy atom. The lowest BCUT2D eigenvalue weighted by Crippen LogP contribution is -2.37. The molecule has 0 spiro atoms. The normalized spacial score (nSPS) is 10.8. The first-order chi connectivity index (χ1) is 12.0. The van der Waals surface area contributed by atoms with Gasteiger partial charge in [-0.05, 0) is 35.9 Å². The summed E-state index contributed by atoms with van der Waals surface area (Å²) in [4.78, 5) is 35.1. The van der Waals surface area contributed by atoms with Gasteiger partial charge < -0.3 is 15.7 Å². The molecule has 0 aliphatic rings. The van der Waals surface area contributed by atoms with E-state index in [1.54, 1.807) is 54.6 Å². The van der Waals surface area contributed by atoms with Crippen LogP contribution in [0.25, 0.3) is 6.08 Å². The molecule has 2 aromatic carbocycles. The summed E-state index contributed by atoms with van der Waals surface area (Å²) in [5.41, 5.74) is 1.02. The van der Waals surface area contributed by atoms with Crippen LogP contribution in [0.1, 0.15) is 15.9 Å². The molecule has 25 heavy (non-hydrogen) atoms. The third-order valence-electron chi connectivity index (χ3n) is 3.11. The minimum atomic E-state index is -1.18. The van der Waals surface area contributed by atoms with E-state index in [-0.39, 0.29) is 5.70 Å². The van der Waals surface area contributed by atoms with Crippen LogP contribution < -0.4 is 10.6 Å². The van der Waals surface area contributed by atoms with Crippen molar-refractivity contribution in [2.24, 2.45) is 0 Å². The summed E-state index contributed by atoms with van der Waals surface area (Å²) < 4.78 is 0.870. The zero-order valence-corrected chi connectivity index (χ0v) is 14.6. The summed E-state index contributed by atoms with van der Waals surface area (Å²) in [5.74, 6) is -2.32. The highest BCUT2D eigenvalue weighted by Gasteiger charge is 2.15. The molecule has 128 valence electrons. The van der Waals surface area contributed by atoms with Gasteiger partial charge >= 0.3 is 5.97 Å². The molecule has 6 nitrogen and oxygen atoms in total. The minimum Gasteiger partial charge on any atom is -0.480 e. The number of nitrogens with one attached hydrogen (secondary N) is 2. The van der Waals surface area contributed by atoms with E-state index >= 15 is 0 Å². The van der Waals surface area contributed by atoms with Gasteiger partial charge in [-0.25, -0.2) is 0 Å². The first kappa shape index (κ1) is 18.4. The number of carboxylic acid groups (broad SMARTS) is 1. The quantitative estimate of drug-likeness (QED) is 0.646. The molecule has 0 heterocycles. The standard InChI is InChI=1S/C18H15BrN2O4/c19-14-8-6-12(7-9-14)10-15(18(25)20-11-16(22)23)21-17(24)13-4-2-1-3-5-13/h1-10H,11H2,(H,20,25)(H,21,24)(H,22,23)/b15-10-. The summed E-state index contributed by atoms with van der Waals surface area (Å²) in [6.45, 7) is -0.544. The summed E-state index contributed by atoms with van der Waals surface area (Å²) in [5, 5.41) is 13.5. The van der Waals surface area contributed by atoms with E-state index in [4.69, 9.17) is 5.11 Å². The first-order valence-electron chi connectivity index (χ1n) is 7.29. The lowest BCUT2D eigenvalue weighted by molar-refractivity contribution is -0.137. The Morgan fingerprint density at radius 2 is 1.64 bits per heavy atom. The monoisotopic (exact) mass is 402 g/mol. The Labute approximate surface area is 152 Å². The molecule has 0 saturated carbocycles. The van der Waals surface area contributed by atoms with Crippen LogP contribution in [0.5, 0.6) is 0 Å². The van der Waals surface area contributed by atoms with Gasteiger partial charge in [0, 0.05) is 10.0 Å². The fourth-order valence-corrected chi connectivity index (χ4v) is 2.18. The molecule has 2 amide bonds. The maximum Gasteiger partial charge on any atom is 0.322 e. The van der Waals surface area contributed by atoms with E-state index in [1.807, 2.05) is 0 Å². The van der Waals surface area contributed by atoms with Crippen molar-refractivity contribution in [3.05, 3.63) is 75.9 Å². The number of benzene rings is 2. The molecule has 0 aromatic heterocycles. The topological polar surface area (TPSA) is 95.5 Å². The van der Waals surface area contributed by atoms with E-state index in [0.29, 0.717) is 11.1 Å². The average Bonchev–Trinajstić information content (AvgIpc) is 2.61. The minimum absolute atomic E-state index is 0.0441. The number of aliphatic carboxylic acids is 1. The highest BCUT2D eigenvalue weighted by Crippen LogP contribution is 2.13. The summed E-state index contributed by atoms with van der Waals surface area (Å²) in [6.07, 6.45) is 1.48. The number of carboxylic acids is 1. The molecule has 2 rings (SSSR count). The van der Waals surface area contributed by atoms with Gasteiger partial charge in [-0.3, -0.25) is 14.4 Å². The second-order valence-corrected chi connectivity index (χ2v) is 5.92. The van der Waals surface area contributed by atoms with Crippen molar-refractivity contribution < 1.29 is 19.5 Å². The predicted octanol–water partition coefficient (Wildman–Crippen LogP) is 2.42. The summed E-state index contributed by atoms with van der Waals surface area (Å²) in [6, 6.07) is 15.5. The van der Waals surface area contributed by atoms with Crippen LogP contribution in [0.4, 0.5) is 0 Å². The number of carbonyl (C=O) groups excluding carboxylic acids is 2. The van der Waals surface area contributed by atoms with E-state index in [2.05, 4.69) is 26.6 Å². The molecule has 0 aliphatic heterocycles. The van der Waals surface area contributed by atoms with E-state index < -0.39 is 24.3 Å². The number of carbonyl (C=O) groups is 3. The van der Waals surface area contributed by atoms with Crippen LogP contribution in [0, 0.1) is 0 Å². The van der Waals surface area contributed by atoms with Crippen LogP contribution >= 0.6 is 15.9 Å². The molecule has 0 atom stereocenters. The molecule has 0 fully saturated rings. The second kappa shape index (κ2) is 8.79. The number of amides is 2. The van der Waals surface area contributed by atoms with Gasteiger partial charge in [0.05, 0.1) is 0 Å². The largest absolute Gasteiger partial charge is 0.480 e. The molecule has 0 saturated heterocycles. The zero-order chi connectivity index (χ0) is 18.2. The van der Waals surface area contributed by atoms with Crippen molar-refractivity contribution in [1.29, 1.82) is 0 Å². The maximum absolute atomic E-state index is 12.3. The highest BCUT2D eigenvalue weighted by molar-refractivity contribution is 9.10. The van der Waals surface area contributed by atoms with Crippen molar-refractivity contribution in [3.63, 3.8) is 0 Å². The number of hydrogen-bond donors (Lipinski definition) is 3. The molecule has 2 aromatic rings. The number of rotatable bonds is 6. The summed E-state index contributed by atoms with van der Waals surface area (Å²) >= 11 is 3.32. The fraction of sp³-hybridized carbons (Fsp3) is 0.0556. The smallest absolute Gasteiger partial charge is 0.322 e. The summed E-state index contributed by atoms with van der Waals surface area (Å²) in [7, 11) is 0. The molecule has 0 radical (unpaired) electrons. The highest BCUT2D eigenvalue weighted by atomic mass is 79.9. The zero-order valence-electron chi connectivity index (χ0n) is 13.0. The van der Waals surface area contributed by atoms with Crippen LogP contribution in [-0.4, -0.2) is 29.4 Å². The molecule has 0 bridgehead atoms. The molecular formula is C18H15BrN2O4. The molecular weight excluding hydrogens is 388 g/mol. The second-order valence-electron chi connectivity index (χ2n) is 5.01. The Balaban J connectivity index is 2.24. The van der Waals surface area contributed by atoms with Gasteiger partial charge in [-0.15, -0.1) is 0 Å². The third-order valence-corrected chi connectivity index (χ3v) is 3.64. The van der Waals surface area contributed by atoms with E-state index in [9.17, 15) is 14.4 Å². The number of hydrogen-bond acceptors (Lipinski definition) is 3. The number of halogens is 1. The van der Waals surface area contributed by atoms with Crippen molar-refractivity contribution in [3.8, 4) is 0 Å². The van der Waals surface area contributed by atoms with E-state index in [1.165, 1.54) is 6.08 Å². The Bertz CT molecular complexity index is 802. The predicted molar refractivity (Wildman–Crippen MR) is 96.7 cm³/mol. The third kappa shape index (κ3) is 5.89. The van der Waals surface area contributed by atoms with Crippen molar-refractivity contribution in [2.75, 3.05) is 6.54 Å². The van der Waals surface area contributed by atoms with Gasteiger partial charge in [-0.1, -0.05) is 46.3 Å². The first-order valence-corrected chi connectivity index (χ1v) is 8.08. The molecule has 0 aliphatic carbocycles. The maximum atomic E-state index is 12.3. The van der Waals surface area contributed by atoms with Crippen LogP contribution in [0.15, 0.2) is 64.8 Å². The lowest BCUT2D eigenvalue weighted by atomic mass is 10.1. The van der Waals surface area contributed by atoms with Gasteiger partial charge in [-0.2, -0.15) is 0 Å². The Morgan fingerprint density at radius 3 is 2.24 bits per heavy atom. The van der Waals surface area contributed by atoms with Gasteiger partial charge in [0.1, 0.15) is 12.2 Å². The molecule has 3 N–H and O–H groups in total. The molecule has 7 heteroatoms.